The van der Waals surface area contributed by atoms with Crippen LogP contribution in [-0.4, -0.2) is 41.2 Å². The number of nitrogens with zero attached hydrogens (tertiary/aromatic N) is 2. The average Bonchev–Trinajstić information content (AvgIpc) is 3.60. The lowest BCUT2D eigenvalue weighted by atomic mass is 9.79. The Morgan fingerprint density at radius 3 is 1.33 bits per heavy atom. The van der Waals surface area contributed by atoms with Crippen molar-refractivity contribution < 1.29 is 19.0 Å². The van der Waals surface area contributed by atoms with Crippen molar-refractivity contribution in [3.8, 4) is 0 Å². The van der Waals surface area contributed by atoms with E-state index in [1.807, 2.05) is 182 Å². The lowest BCUT2D eigenvalue weighted by Gasteiger charge is -2.39. The number of rotatable bonds is 13. The van der Waals surface area contributed by atoms with Gasteiger partial charge in [-0.25, -0.2) is 4.79 Å². The number of oxime groups is 1. The first-order chi connectivity index (χ1) is 28.0. The molecule has 9 heteroatoms. The van der Waals surface area contributed by atoms with Gasteiger partial charge >= 0.3 is 5.69 Å². The topological polar surface area (TPSA) is 104 Å². The molecular formula is C48H41N3O6. The van der Waals surface area contributed by atoms with Crippen molar-refractivity contribution in [2.45, 2.75) is 29.6 Å². The summed E-state index contributed by atoms with van der Waals surface area (Å²) in [6.07, 6.45) is -1.66. The second-order valence-corrected chi connectivity index (χ2v) is 13.6. The van der Waals surface area contributed by atoms with Crippen molar-refractivity contribution in [1.82, 2.24) is 9.55 Å². The molecule has 0 saturated carbocycles. The van der Waals surface area contributed by atoms with Crippen LogP contribution in [0.1, 0.15) is 39.6 Å². The number of H-pyrrole nitrogens is 1. The van der Waals surface area contributed by atoms with E-state index >= 15 is 0 Å². The number of hydrogen-bond donors (Lipinski definition) is 1. The third-order valence-electron chi connectivity index (χ3n) is 10.3. The van der Waals surface area contributed by atoms with E-state index in [0.29, 0.717) is 5.71 Å². The standard InChI is InChI=1S/C48H41N3O6/c1-54-50-43-41(34-55-47(35-20-8-2-9-21-35,36-22-10-3-11-23-36)37-24-12-4-13-25-37)56-45(51-33-32-42(52)49-46(51)53)44(43)57-48(38-26-14-5-15-27-38,39-28-16-6-17-29-39)40-30-18-7-19-31-40/h2-33,41,44-45H,34H2,1H3,(H,49,52,53)/b50-43+/t41-,44-,45-/m1/s1. The fourth-order valence-electron chi connectivity index (χ4n) is 7.82. The maximum absolute atomic E-state index is 13.7. The van der Waals surface area contributed by atoms with Crippen molar-refractivity contribution in [3.63, 3.8) is 0 Å². The summed E-state index contributed by atoms with van der Waals surface area (Å²) < 4.78 is 23.0. The van der Waals surface area contributed by atoms with E-state index in [2.05, 4.69) is 10.1 Å². The summed E-state index contributed by atoms with van der Waals surface area (Å²) in [5, 5.41) is 4.59. The lowest BCUT2D eigenvalue weighted by Crippen LogP contribution is -2.44. The SMILES string of the molecule is CO/N=C1/[C@@H](OC(c2ccccc2)(c2ccccc2)c2ccccc2)[C@H](n2ccc(=O)[nH]c2=O)O[C@@H]1COC(c1ccccc1)(c1ccccc1)c1ccccc1. The number of aromatic amines is 1. The summed E-state index contributed by atoms with van der Waals surface area (Å²) >= 11 is 0. The number of nitrogens with one attached hydrogen (secondary N) is 1. The number of aromatic nitrogens is 2. The summed E-state index contributed by atoms with van der Waals surface area (Å²) in [5.74, 6) is 0. The van der Waals surface area contributed by atoms with Crippen LogP contribution >= 0.6 is 0 Å². The Bertz CT molecular complexity index is 2320. The molecule has 1 N–H and O–H groups in total. The molecule has 0 unspecified atom stereocenters. The van der Waals surface area contributed by atoms with E-state index in [0.717, 1.165) is 33.4 Å². The average molecular weight is 756 g/mol. The predicted octanol–water partition coefficient (Wildman–Crippen LogP) is 7.82. The van der Waals surface area contributed by atoms with Crippen LogP contribution in [0.4, 0.5) is 0 Å². The Kier molecular flexibility index (Phi) is 10.9. The van der Waals surface area contributed by atoms with Gasteiger partial charge in [-0.05, 0) is 33.4 Å². The molecule has 6 aromatic carbocycles. The minimum atomic E-state index is -1.24. The Morgan fingerprint density at radius 2 is 0.965 bits per heavy atom. The minimum Gasteiger partial charge on any atom is -0.399 e. The Labute approximate surface area is 330 Å². The van der Waals surface area contributed by atoms with Gasteiger partial charge in [0.15, 0.2) is 6.23 Å². The molecule has 8 rings (SSSR count). The van der Waals surface area contributed by atoms with Gasteiger partial charge in [-0.1, -0.05) is 187 Å². The van der Waals surface area contributed by atoms with Gasteiger partial charge in [0.05, 0.1) is 6.61 Å². The highest BCUT2D eigenvalue weighted by Crippen LogP contribution is 2.46. The molecule has 1 aliphatic heterocycles. The van der Waals surface area contributed by atoms with Crippen LogP contribution in [0.25, 0.3) is 0 Å². The maximum Gasteiger partial charge on any atom is 0.330 e. The van der Waals surface area contributed by atoms with Gasteiger partial charge in [-0.15, -0.1) is 0 Å². The molecule has 0 radical (unpaired) electrons. The van der Waals surface area contributed by atoms with Crippen LogP contribution in [0.3, 0.4) is 0 Å². The first-order valence-corrected chi connectivity index (χ1v) is 18.8. The van der Waals surface area contributed by atoms with Crippen LogP contribution in [0, 0.1) is 0 Å². The molecule has 1 saturated heterocycles. The zero-order valence-corrected chi connectivity index (χ0v) is 31.3. The van der Waals surface area contributed by atoms with Gasteiger partial charge in [-0.2, -0.15) is 0 Å². The number of hydrogen-bond acceptors (Lipinski definition) is 7. The summed E-state index contributed by atoms with van der Waals surface area (Å²) in [7, 11) is 1.46. The lowest BCUT2D eigenvalue weighted by molar-refractivity contribution is -0.118. The van der Waals surface area contributed by atoms with Crippen LogP contribution in [0.5, 0.6) is 0 Å². The van der Waals surface area contributed by atoms with Gasteiger partial charge in [0.25, 0.3) is 5.56 Å². The van der Waals surface area contributed by atoms with Crippen molar-refractivity contribution in [3.05, 3.63) is 248 Å². The monoisotopic (exact) mass is 755 g/mol. The highest BCUT2D eigenvalue weighted by Gasteiger charge is 2.52. The van der Waals surface area contributed by atoms with Crippen LogP contribution in [-0.2, 0) is 30.3 Å². The van der Waals surface area contributed by atoms with E-state index < -0.39 is 40.9 Å². The summed E-state index contributed by atoms with van der Waals surface area (Å²) in [4.78, 5) is 34.0. The van der Waals surface area contributed by atoms with Crippen LogP contribution < -0.4 is 11.2 Å². The Morgan fingerprint density at radius 1 is 0.579 bits per heavy atom. The van der Waals surface area contributed by atoms with Crippen LogP contribution in [0.15, 0.2) is 209 Å². The highest BCUT2D eigenvalue weighted by molar-refractivity contribution is 5.94. The molecule has 0 spiro atoms. The van der Waals surface area contributed by atoms with E-state index in [1.54, 1.807) is 0 Å². The second-order valence-electron chi connectivity index (χ2n) is 13.6. The quantitative estimate of drug-likeness (QED) is 0.0952. The highest BCUT2D eigenvalue weighted by atomic mass is 16.6. The third kappa shape index (κ3) is 7.16. The zero-order valence-electron chi connectivity index (χ0n) is 31.3. The van der Waals surface area contributed by atoms with E-state index in [-0.39, 0.29) is 6.61 Å². The fourth-order valence-corrected chi connectivity index (χ4v) is 7.82. The smallest absolute Gasteiger partial charge is 0.330 e. The van der Waals surface area contributed by atoms with Crippen molar-refractivity contribution in [2.75, 3.05) is 13.7 Å². The molecule has 57 heavy (non-hydrogen) atoms. The van der Waals surface area contributed by atoms with Crippen molar-refractivity contribution in [2.24, 2.45) is 5.16 Å². The molecule has 0 aliphatic carbocycles. The third-order valence-corrected chi connectivity index (χ3v) is 10.3. The molecule has 284 valence electrons. The first-order valence-electron chi connectivity index (χ1n) is 18.8. The molecule has 0 amide bonds. The molecule has 7 aromatic rings. The molecule has 0 bridgehead atoms. The second kappa shape index (κ2) is 16.6. The summed E-state index contributed by atoms with van der Waals surface area (Å²) in [6, 6.07) is 61.1. The van der Waals surface area contributed by atoms with Crippen LogP contribution in [0.2, 0.25) is 0 Å². The Hall–Kier alpha value is -6.65. The van der Waals surface area contributed by atoms with Gasteiger partial charge in [0.1, 0.15) is 36.2 Å². The normalized spacial score (nSPS) is 17.7. The molecule has 1 aliphatic rings. The summed E-state index contributed by atoms with van der Waals surface area (Å²) in [6.45, 7) is -0.0374. The zero-order chi connectivity index (χ0) is 39.1. The minimum absolute atomic E-state index is 0.0374. The van der Waals surface area contributed by atoms with E-state index in [4.69, 9.17) is 19.0 Å². The molecule has 9 nitrogen and oxygen atoms in total. The molecule has 1 fully saturated rings. The Balaban J connectivity index is 1.30. The maximum atomic E-state index is 13.7. The number of benzene rings is 6. The first kappa shape index (κ1) is 37.3. The largest absolute Gasteiger partial charge is 0.399 e. The predicted molar refractivity (Wildman–Crippen MR) is 219 cm³/mol. The molecular weight excluding hydrogens is 715 g/mol. The van der Waals surface area contributed by atoms with E-state index in [1.165, 1.54) is 23.9 Å². The van der Waals surface area contributed by atoms with Gasteiger partial charge in [0, 0.05) is 12.3 Å². The van der Waals surface area contributed by atoms with E-state index in [9.17, 15) is 9.59 Å². The van der Waals surface area contributed by atoms with Crippen molar-refractivity contribution in [1.29, 1.82) is 0 Å². The molecule has 2 heterocycles. The van der Waals surface area contributed by atoms with Gasteiger partial charge < -0.3 is 19.0 Å². The van der Waals surface area contributed by atoms with Crippen molar-refractivity contribution >= 4 is 5.71 Å². The van der Waals surface area contributed by atoms with Gasteiger partial charge in [-0.3, -0.25) is 14.3 Å². The fraction of sp³-hybridized carbons (Fsp3) is 0.146. The molecule has 3 atom stereocenters. The summed E-state index contributed by atoms with van der Waals surface area (Å²) in [5.41, 5.74) is 2.04. The number of ether oxygens (including phenoxy) is 3. The van der Waals surface area contributed by atoms with Gasteiger partial charge in [0.2, 0.25) is 0 Å². The molecule has 1 aromatic heterocycles.